The van der Waals surface area contributed by atoms with Crippen LogP contribution in [-0.4, -0.2) is 34.9 Å². The molecule has 0 rings (SSSR count). The van der Waals surface area contributed by atoms with E-state index in [0.29, 0.717) is 6.42 Å². The van der Waals surface area contributed by atoms with E-state index in [1.807, 2.05) is 6.08 Å². The topological polar surface area (TPSA) is 69.6 Å². The van der Waals surface area contributed by atoms with Crippen molar-refractivity contribution < 1.29 is 15.0 Å². The summed E-state index contributed by atoms with van der Waals surface area (Å²) in [5.41, 5.74) is 0. The maximum atomic E-state index is 12.4. The molecule has 0 aliphatic rings. The van der Waals surface area contributed by atoms with Gasteiger partial charge in [0, 0.05) is 6.42 Å². The highest BCUT2D eigenvalue weighted by Crippen LogP contribution is 2.16. The minimum atomic E-state index is -0.858. The van der Waals surface area contributed by atoms with Crippen molar-refractivity contribution in [3.05, 3.63) is 36.5 Å². The van der Waals surface area contributed by atoms with E-state index in [4.69, 9.17) is 0 Å². The third-order valence-electron chi connectivity index (χ3n) is 11.8. The second-order valence-corrected chi connectivity index (χ2v) is 17.6. The van der Waals surface area contributed by atoms with Crippen LogP contribution in [0.1, 0.15) is 277 Å². The number of aliphatic hydroxyl groups is 2. The second-order valence-electron chi connectivity index (χ2n) is 17.6. The van der Waals surface area contributed by atoms with Crippen LogP contribution in [0.5, 0.6) is 0 Å². The summed E-state index contributed by atoms with van der Waals surface area (Å²) in [6, 6.07) is -0.635. The average Bonchev–Trinajstić information content (AvgIpc) is 3.22. The minimum Gasteiger partial charge on any atom is -0.394 e. The molecule has 57 heavy (non-hydrogen) atoms. The largest absolute Gasteiger partial charge is 0.394 e. The fourth-order valence-corrected chi connectivity index (χ4v) is 7.90. The number of hydrogen-bond donors (Lipinski definition) is 3. The van der Waals surface area contributed by atoms with Gasteiger partial charge >= 0.3 is 0 Å². The van der Waals surface area contributed by atoms with Gasteiger partial charge in [0.05, 0.1) is 18.8 Å². The van der Waals surface area contributed by atoms with Gasteiger partial charge in [-0.3, -0.25) is 4.79 Å². The van der Waals surface area contributed by atoms with Gasteiger partial charge in [-0.15, -0.1) is 0 Å². The molecule has 0 saturated carbocycles. The fraction of sp³-hybridized carbons (Fsp3) is 0.868. The lowest BCUT2D eigenvalue weighted by Gasteiger charge is -2.19. The molecule has 0 aliphatic carbocycles. The lowest BCUT2D eigenvalue weighted by molar-refractivity contribution is -0.123. The Labute approximate surface area is 357 Å². The van der Waals surface area contributed by atoms with Gasteiger partial charge in [-0.1, -0.05) is 249 Å². The molecule has 336 valence electrons. The third kappa shape index (κ3) is 45.5. The number of rotatable bonds is 47. The van der Waals surface area contributed by atoms with E-state index in [9.17, 15) is 15.0 Å². The molecule has 2 unspecified atom stereocenters. The standard InChI is InChI=1S/C53H101NO3/c1-3-5-7-9-11-13-15-16-17-18-19-20-21-22-23-24-25-26-27-28-29-30-31-32-33-34-35-36-37-38-39-41-43-45-47-49-53(57)54-51(50-55)52(56)48-46-44-42-40-14-12-10-8-6-4-2/h14,24-25,40,46,48,51-52,55-56H,3-13,15-23,26-39,41-45,47,49-50H2,1-2H3,(H,54,57)/b25-24-,40-14+,48-46+. The lowest BCUT2D eigenvalue weighted by Crippen LogP contribution is -2.45. The Morgan fingerprint density at radius 3 is 1.04 bits per heavy atom. The summed E-state index contributed by atoms with van der Waals surface area (Å²) >= 11 is 0. The molecule has 0 fully saturated rings. The molecular weight excluding hydrogens is 699 g/mol. The number of carbonyl (C=O) groups is 1. The maximum Gasteiger partial charge on any atom is 0.220 e. The first-order valence-corrected chi connectivity index (χ1v) is 25.7. The Hall–Kier alpha value is -1.39. The summed E-state index contributed by atoms with van der Waals surface area (Å²) in [6.45, 7) is 4.28. The zero-order valence-corrected chi connectivity index (χ0v) is 38.6. The third-order valence-corrected chi connectivity index (χ3v) is 11.8. The Balaban J connectivity index is 3.39. The van der Waals surface area contributed by atoms with E-state index in [2.05, 4.69) is 43.5 Å². The van der Waals surface area contributed by atoms with Gasteiger partial charge in [0.25, 0.3) is 0 Å². The predicted molar refractivity (Wildman–Crippen MR) is 253 cm³/mol. The van der Waals surface area contributed by atoms with Gasteiger partial charge in [0.2, 0.25) is 5.91 Å². The molecule has 2 atom stereocenters. The van der Waals surface area contributed by atoms with Crippen molar-refractivity contribution >= 4 is 5.91 Å². The number of allylic oxidation sites excluding steroid dienone is 5. The van der Waals surface area contributed by atoms with Crippen LogP contribution in [0.2, 0.25) is 0 Å². The Bertz CT molecular complexity index is 866. The van der Waals surface area contributed by atoms with Gasteiger partial charge in [-0.25, -0.2) is 0 Å². The predicted octanol–water partition coefficient (Wildman–Crippen LogP) is 16.5. The summed E-state index contributed by atoms with van der Waals surface area (Å²) in [4.78, 5) is 12.4. The molecule has 4 heteroatoms. The summed E-state index contributed by atoms with van der Waals surface area (Å²) in [5, 5.41) is 22.9. The molecule has 1 amide bonds. The first-order valence-electron chi connectivity index (χ1n) is 25.7. The van der Waals surface area contributed by atoms with Crippen molar-refractivity contribution in [2.75, 3.05) is 6.61 Å². The molecule has 4 nitrogen and oxygen atoms in total. The van der Waals surface area contributed by atoms with Crippen molar-refractivity contribution in [3.8, 4) is 0 Å². The maximum absolute atomic E-state index is 12.4. The SMILES string of the molecule is CCCCCC/C=C/CC/C=C/C(O)C(CO)NC(=O)CCCCCCCCCCCCCCCCCCC/C=C\CCCCCCCCCCCCCCCC. The molecule has 3 N–H and O–H groups in total. The second kappa shape index (κ2) is 49.0. The molecule has 0 aromatic rings. The highest BCUT2D eigenvalue weighted by atomic mass is 16.3. The van der Waals surface area contributed by atoms with Crippen molar-refractivity contribution in [2.45, 2.75) is 289 Å². The normalized spacial score (nSPS) is 13.1. The Morgan fingerprint density at radius 2 is 0.684 bits per heavy atom. The Kier molecular flexibility index (Phi) is 47.8. The summed E-state index contributed by atoms with van der Waals surface area (Å²) in [7, 11) is 0. The van der Waals surface area contributed by atoms with E-state index in [1.54, 1.807) is 6.08 Å². The van der Waals surface area contributed by atoms with E-state index < -0.39 is 12.1 Å². The van der Waals surface area contributed by atoms with E-state index in [-0.39, 0.29) is 12.5 Å². The lowest BCUT2D eigenvalue weighted by atomic mass is 10.0. The quantitative estimate of drug-likeness (QED) is 0.0424. The Morgan fingerprint density at radius 1 is 0.404 bits per heavy atom. The first-order chi connectivity index (χ1) is 28.2. The highest BCUT2D eigenvalue weighted by Gasteiger charge is 2.17. The van der Waals surface area contributed by atoms with E-state index in [0.717, 1.165) is 32.1 Å². The molecule has 0 aromatic heterocycles. The van der Waals surface area contributed by atoms with Gasteiger partial charge < -0.3 is 15.5 Å². The van der Waals surface area contributed by atoms with Crippen molar-refractivity contribution in [3.63, 3.8) is 0 Å². The molecule has 0 bridgehead atoms. The fourth-order valence-electron chi connectivity index (χ4n) is 7.90. The van der Waals surface area contributed by atoms with Crippen molar-refractivity contribution in [1.29, 1.82) is 0 Å². The van der Waals surface area contributed by atoms with Crippen molar-refractivity contribution in [1.82, 2.24) is 5.32 Å². The van der Waals surface area contributed by atoms with E-state index >= 15 is 0 Å². The number of aliphatic hydroxyl groups excluding tert-OH is 2. The first kappa shape index (κ1) is 55.6. The molecule has 0 aliphatic heterocycles. The van der Waals surface area contributed by atoms with Crippen LogP contribution in [0.3, 0.4) is 0 Å². The molecule has 0 spiro atoms. The molecular formula is C53H101NO3. The van der Waals surface area contributed by atoms with Gasteiger partial charge in [-0.2, -0.15) is 0 Å². The summed E-state index contributed by atoms with van der Waals surface area (Å²) in [6.07, 6.45) is 66.0. The summed E-state index contributed by atoms with van der Waals surface area (Å²) < 4.78 is 0. The molecule has 0 radical (unpaired) electrons. The van der Waals surface area contributed by atoms with Gasteiger partial charge in [0.1, 0.15) is 0 Å². The average molecular weight is 800 g/mol. The molecule has 0 heterocycles. The smallest absolute Gasteiger partial charge is 0.220 e. The minimum absolute atomic E-state index is 0.0730. The van der Waals surface area contributed by atoms with Crippen molar-refractivity contribution in [2.24, 2.45) is 0 Å². The number of carbonyl (C=O) groups excluding carboxylic acids is 1. The van der Waals surface area contributed by atoms with Gasteiger partial charge in [0.15, 0.2) is 0 Å². The molecule has 0 saturated heterocycles. The molecule has 0 aromatic carbocycles. The van der Waals surface area contributed by atoms with Crippen LogP contribution >= 0.6 is 0 Å². The zero-order chi connectivity index (χ0) is 41.4. The van der Waals surface area contributed by atoms with Crippen LogP contribution in [0.15, 0.2) is 36.5 Å². The van der Waals surface area contributed by atoms with Crippen LogP contribution in [0, 0.1) is 0 Å². The van der Waals surface area contributed by atoms with Crippen LogP contribution < -0.4 is 5.32 Å². The monoisotopic (exact) mass is 800 g/mol. The number of hydrogen-bond acceptors (Lipinski definition) is 3. The van der Waals surface area contributed by atoms with Crippen LogP contribution in [-0.2, 0) is 4.79 Å². The van der Waals surface area contributed by atoms with E-state index in [1.165, 1.54) is 225 Å². The summed E-state index contributed by atoms with van der Waals surface area (Å²) in [5.74, 6) is -0.0730. The highest BCUT2D eigenvalue weighted by molar-refractivity contribution is 5.76. The van der Waals surface area contributed by atoms with Crippen LogP contribution in [0.4, 0.5) is 0 Å². The number of amides is 1. The van der Waals surface area contributed by atoms with Crippen LogP contribution in [0.25, 0.3) is 0 Å². The number of unbranched alkanes of at least 4 members (excludes halogenated alkanes) is 36. The number of nitrogens with one attached hydrogen (secondary N) is 1. The van der Waals surface area contributed by atoms with Gasteiger partial charge in [-0.05, 0) is 57.8 Å². The zero-order valence-electron chi connectivity index (χ0n) is 38.6.